The molecule has 1 fully saturated rings. The van der Waals surface area contributed by atoms with Crippen molar-refractivity contribution in [2.75, 3.05) is 32.5 Å². The molecule has 0 radical (unpaired) electrons. The summed E-state index contributed by atoms with van der Waals surface area (Å²) in [5, 5.41) is 8.22. The van der Waals surface area contributed by atoms with E-state index in [1.807, 2.05) is 42.2 Å². The van der Waals surface area contributed by atoms with Crippen molar-refractivity contribution in [1.82, 2.24) is 24.2 Å². The number of methoxy groups -OCH3 is 1. The van der Waals surface area contributed by atoms with Crippen molar-refractivity contribution in [2.45, 2.75) is 32.5 Å². The van der Waals surface area contributed by atoms with E-state index in [-0.39, 0.29) is 12.3 Å². The lowest BCUT2D eigenvalue weighted by atomic mass is 10.2. The largest absolute Gasteiger partial charge is 0.468 e. The Morgan fingerprint density at radius 3 is 2.69 bits per heavy atom. The number of hydrogen-bond donors (Lipinski definition) is 0. The second-order valence-corrected chi connectivity index (χ2v) is 9.13. The van der Waals surface area contributed by atoms with Gasteiger partial charge in [-0.25, -0.2) is 13.1 Å². The molecule has 2 heterocycles. The monoisotopic (exact) mass is 421 g/mol. The lowest BCUT2D eigenvalue weighted by Crippen LogP contribution is -2.48. The molecule has 1 aromatic heterocycles. The fraction of sp³-hybridized carbons (Fsp3) is 0.526. The molecule has 0 aliphatic carbocycles. The van der Waals surface area contributed by atoms with Crippen molar-refractivity contribution < 1.29 is 17.9 Å². The van der Waals surface area contributed by atoms with Crippen LogP contribution in [0.25, 0.3) is 0 Å². The highest BCUT2D eigenvalue weighted by Crippen LogP contribution is 2.19. The van der Waals surface area contributed by atoms with Gasteiger partial charge in [-0.05, 0) is 18.5 Å². The van der Waals surface area contributed by atoms with Gasteiger partial charge in [0.1, 0.15) is 6.04 Å². The van der Waals surface area contributed by atoms with Crippen LogP contribution >= 0.6 is 0 Å². The summed E-state index contributed by atoms with van der Waals surface area (Å²) < 4.78 is 33.6. The van der Waals surface area contributed by atoms with E-state index in [1.165, 1.54) is 11.4 Å². The Labute approximate surface area is 171 Å². The minimum absolute atomic E-state index is 0.0170. The number of aromatic nitrogens is 3. The number of nitrogens with zero attached hydrogens (tertiary/aromatic N) is 5. The van der Waals surface area contributed by atoms with Gasteiger partial charge in [0.05, 0.1) is 37.8 Å². The third-order valence-corrected chi connectivity index (χ3v) is 6.70. The lowest BCUT2D eigenvalue weighted by molar-refractivity contribution is -0.145. The maximum absolute atomic E-state index is 12.9. The van der Waals surface area contributed by atoms with Crippen LogP contribution in [0.1, 0.15) is 24.6 Å². The molecule has 10 heteroatoms. The third-order valence-electron chi connectivity index (χ3n) is 4.91. The Hall–Kier alpha value is -2.30. The molecule has 1 aliphatic rings. The summed E-state index contributed by atoms with van der Waals surface area (Å²) in [7, 11) is -2.37. The van der Waals surface area contributed by atoms with Crippen LogP contribution in [0.4, 0.5) is 0 Å². The molecule has 9 nitrogen and oxygen atoms in total. The molecule has 0 N–H and O–H groups in total. The van der Waals surface area contributed by atoms with Gasteiger partial charge in [-0.2, -0.15) is 4.31 Å². The number of carbonyl (C=O) groups is 1. The van der Waals surface area contributed by atoms with Crippen LogP contribution in [-0.2, 0) is 32.6 Å². The van der Waals surface area contributed by atoms with Crippen LogP contribution in [0, 0.1) is 0 Å². The number of ether oxygens (including phenoxy) is 1. The highest BCUT2D eigenvalue weighted by atomic mass is 32.2. The predicted molar refractivity (Wildman–Crippen MR) is 107 cm³/mol. The summed E-state index contributed by atoms with van der Waals surface area (Å²) in [6, 6.07) is 8.89. The van der Waals surface area contributed by atoms with Gasteiger partial charge in [-0.3, -0.25) is 4.79 Å². The maximum Gasteiger partial charge on any atom is 0.325 e. The van der Waals surface area contributed by atoms with Gasteiger partial charge in [-0.1, -0.05) is 42.5 Å². The van der Waals surface area contributed by atoms with Crippen molar-refractivity contribution in [3.05, 3.63) is 47.8 Å². The molecule has 158 valence electrons. The van der Waals surface area contributed by atoms with Gasteiger partial charge in [0.25, 0.3) is 0 Å². The summed E-state index contributed by atoms with van der Waals surface area (Å²) in [6.45, 7) is 3.96. The third kappa shape index (κ3) is 5.40. The van der Waals surface area contributed by atoms with E-state index in [4.69, 9.17) is 4.74 Å². The standard InChI is InChI=1S/C19H27N5O4S/c1-3-9-22-10-11-29(26,27)24(18(15-22)19(25)28-2)14-17-13-23(21-20-17)12-16-7-5-4-6-8-16/h4-8,13,18H,3,9-12,14-15H2,1-2H3. The Bertz CT molecular complexity index is 916. The first-order valence-electron chi connectivity index (χ1n) is 9.65. The zero-order valence-electron chi connectivity index (χ0n) is 16.8. The molecule has 1 atom stereocenters. The summed E-state index contributed by atoms with van der Waals surface area (Å²) in [5.41, 5.74) is 1.55. The molecule has 3 rings (SSSR count). The summed E-state index contributed by atoms with van der Waals surface area (Å²) >= 11 is 0. The summed E-state index contributed by atoms with van der Waals surface area (Å²) in [5.74, 6) is -0.605. The Morgan fingerprint density at radius 1 is 1.24 bits per heavy atom. The number of benzene rings is 1. The topological polar surface area (TPSA) is 97.6 Å². The fourth-order valence-corrected chi connectivity index (χ4v) is 5.05. The molecule has 1 aromatic carbocycles. The molecular weight excluding hydrogens is 394 g/mol. The number of esters is 1. The van der Waals surface area contributed by atoms with Crippen molar-refractivity contribution in [1.29, 1.82) is 0 Å². The van der Waals surface area contributed by atoms with E-state index in [2.05, 4.69) is 10.3 Å². The van der Waals surface area contributed by atoms with Crippen molar-refractivity contribution >= 4 is 16.0 Å². The van der Waals surface area contributed by atoms with Gasteiger partial charge in [0.2, 0.25) is 10.0 Å². The Balaban J connectivity index is 1.81. The van der Waals surface area contributed by atoms with E-state index in [0.717, 1.165) is 18.5 Å². The van der Waals surface area contributed by atoms with E-state index in [9.17, 15) is 13.2 Å². The number of rotatable bonds is 7. The van der Waals surface area contributed by atoms with Crippen LogP contribution in [0.15, 0.2) is 36.5 Å². The molecule has 0 amide bonds. The molecule has 1 saturated heterocycles. The number of sulfonamides is 1. The zero-order chi connectivity index (χ0) is 20.9. The highest BCUT2D eigenvalue weighted by Gasteiger charge is 2.40. The Morgan fingerprint density at radius 2 is 2.00 bits per heavy atom. The van der Waals surface area contributed by atoms with Gasteiger partial charge in [0, 0.05) is 13.1 Å². The predicted octanol–water partition coefficient (Wildman–Crippen LogP) is 0.725. The second kappa shape index (κ2) is 9.47. The molecule has 1 unspecified atom stereocenters. The van der Waals surface area contributed by atoms with Crippen molar-refractivity contribution in [3.8, 4) is 0 Å². The number of hydrogen-bond acceptors (Lipinski definition) is 7. The first-order valence-corrected chi connectivity index (χ1v) is 11.3. The minimum atomic E-state index is -3.65. The van der Waals surface area contributed by atoms with E-state index >= 15 is 0 Å². The fourth-order valence-electron chi connectivity index (χ4n) is 3.46. The van der Waals surface area contributed by atoms with Crippen LogP contribution in [0.5, 0.6) is 0 Å². The van der Waals surface area contributed by atoms with E-state index < -0.39 is 22.0 Å². The summed E-state index contributed by atoms with van der Waals surface area (Å²) in [6.07, 6.45) is 2.59. The molecule has 29 heavy (non-hydrogen) atoms. The van der Waals surface area contributed by atoms with Crippen LogP contribution in [-0.4, -0.2) is 77.1 Å². The quantitative estimate of drug-likeness (QED) is 0.608. The van der Waals surface area contributed by atoms with Gasteiger partial charge >= 0.3 is 5.97 Å². The maximum atomic E-state index is 12.9. The Kier molecular flexibility index (Phi) is 6.99. The number of carbonyl (C=O) groups excluding carboxylic acids is 1. The van der Waals surface area contributed by atoms with Gasteiger partial charge in [-0.15, -0.1) is 5.10 Å². The van der Waals surface area contributed by atoms with E-state index in [0.29, 0.717) is 25.3 Å². The second-order valence-electron chi connectivity index (χ2n) is 7.09. The lowest BCUT2D eigenvalue weighted by Gasteiger charge is -2.27. The smallest absolute Gasteiger partial charge is 0.325 e. The van der Waals surface area contributed by atoms with Crippen LogP contribution in [0.3, 0.4) is 0 Å². The molecule has 2 aromatic rings. The van der Waals surface area contributed by atoms with Crippen LogP contribution < -0.4 is 0 Å². The van der Waals surface area contributed by atoms with Gasteiger partial charge < -0.3 is 9.64 Å². The average molecular weight is 422 g/mol. The van der Waals surface area contributed by atoms with Crippen molar-refractivity contribution in [3.63, 3.8) is 0 Å². The molecule has 0 spiro atoms. The van der Waals surface area contributed by atoms with Gasteiger partial charge in [0.15, 0.2) is 0 Å². The molecule has 0 bridgehead atoms. The molecule has 1 aliphatic heterocycles. The first-order chi connectivity index (χ1) is 13.9. The minimum Gasteiger partial charge on any atom is -0.468 e. The first kappa shape index (κ1) is 21.4. The normalized spacial score (nSPS) is 20.3. The average Bonchev–Trinajstić information content (AvgIpc) is 3.10. The van der Waals surface area contributed by atoms with Crippen molar-refractivity contribution in [2.24, 2.45) is 0 Å². The SMILES string of the molecule is CCCN1CCS(=O)(=O)N(Cc2cn(Cc3ccccc3)nn2)C(C(=O)OC)C1. The molecule has 0 saturated carbocycles. The summed E-state index contributed by atoms with van der Waals surface area (Å²) in [4.78, 5) is 14.4. The molecular formula is C19H27N5O4S. The van der Waals surface area contributed by atoms with E-state index in [1.54, 1.807) is 10.9 Å². The highest BCUT2D eigenvalue weighted by molar-refractivity contribution is 7.89. The van der Waals surface area contributed by atoms with Crippen LogP contribution in [0.2, 0.25) is 0 Å². The zero-order valence-corrected chi connectivity index (χ0v) is 17.6.